The molecular weight excluding hydrogens is 294 g/mol. The van der Waals surface area contributed by atoms with Gasteiger partial charge in [0.2, 0.25) is 0 Å². The Bertz CT molecular complexity index is 230. The van der Waals surface area contributed by atoms with E-state index < -0.39 is 8.80 Å². The normalized spacial score (nSPS) is 12.8. The van der Waals surface area contributed by atoms with Crippen LogP contribution in [-0.4, -0.2) is 59.3 Å². The zero-order chi connectivity index (χ0) is 16.9. The van der Waals surface area contributed by atoms with Crippen LogP contribution in [0.2, 0.25) is 6.04 Å². The van der Waals surface area contributed by atoms with Gasteiger partial charge in [-0.05, 0) is 40.0 Å². The van der Waals surface area contributed by atoms with Gasteiger partial charge in [-0.15, -0.1) is 0 Å². The fourth-order valence-electron chi connectivity index (χ4n) is 2.63. The third kappa shape index (κ3) is 7.55. The lowest BCUT2D eigenvalue weighted by Crippen LogP contribution is -2.54. The molecule has 4 nitrogen and oxygen atoms in total. The highest BCUT2D eigenvalue weighted by molar-refractivity contribution is 6.60. The number of quaternary nitrogens is 1. The van der Waals surface area contributed by atoms with E-state index in [0.717, 1.165) is 75.8 Å². The molecule has 0 aliphatic carbocycles. The first-order chi connectivity index (χ1) is 10.6. The number of nitrogens with zero attached hydrogens (tertiary/aromatic N) is 1. The summed E-state index contributed by atoms with van der Waals surface area (Å²) >= 11 is 0. The Morgan fingerprint density at radius 3 is 1.27 bits per heavy atom. The Morgan fingerprint density at radius 2 is 1.00 bits per heavy atom. The van der Waals surface area contributed by atoms with Gasteiger partial charge in [-0.3, -0.25) is 0 Å². The van der Waals surface area contributed by atoms with E-state index >= 15 is 0 Å². The molecule has 0 rings (SSSR count). The summed E-state index contributed by atoms with van der Waals surface area (Å²) < 4.78 is 19.7. The van der Waals surface area contributed by atoms with Gasteiger partial charge in [0, 0.05) is 19.8 Å². The van der Waals surface area contributed by atoms with E-state index in [-0.39, 0.29) is 0 Å². The molecule has 0 radical (unpaired) electrons. The molecule has 0 N–H and O–H groups in total. The molecule has 0 aliphatic rings. The summed E-state index contributed by atoms with van der Waals surface area (Å²) in [5.74, 6) is 0. The maximum atomic E-state index is 6.20. The fraction of sp³-hybridized carbons (Fsp3) is 1.00. The molecule has 0 saturated heterocycles. The first kappa shape index (κ1) is 22.1. The summed E-state index contributed by atoms with van der Waals surface area (Å²) in [7, 11) is -2.53. The summed E-state index contributed by atoms with van der Waals surface area (Å²) in [6, 6.07) is 0.933. The summed E-state index contributed by atoms with van der Waals surface area (Å²) in [4.78, 5) is 0. The van der Waals surface area contributed by atoms with Crippen molar-refractivity contribution in [3.05, 3.63) is 0 Å². The van der Waals surface area contributed by atoms with Crippen molar-refractivity contribution in [3.8, 4) is 0 Å². The van der Waals surface area contributed by atoms with E-state index in [1.165, 1.54) is 0 Å². The van der Waals surface area contributed by atoms with Gasteiger partial charge in [0.05, 0.1) is 32.2 Å². The van der Waals surface area contributed by atoms with Crippen molar-refractivity contribution in [3.63, 3.8) is 0 Å². The van der Waals surface area contributed by atoms with Crippen LogP contribution in [0.1, 0.15) is 60.8 Å². The first-order valence-electron chi connectivity index (χ1n) is 9.34. The maximum absolute atomic E-state index is 6.20. The lowest BCUT2D eigenvalue weighted by Gasteiger charge is -2.38. The Hall–Kier alpha value is 0.0569. The van der Waals surface area contributed by atoms with Crippen LogP contribution >= 0.6 is 0 Å². The molecule has 0 amide bonds. The number of hydrogen-bond acceptors (Lipinski definition) is 3. The maximum Gasteiger partial charge on any atom is 0.506 e. The van der Waals surface area contributed by atoms with Crippen LogP contribution in [0.4, 0.5) is 0 Å². The zero-order valence-corrected chi connectivity index (χ0v) is 17.0. The monoisotopic (exact) mass is 334 g/mol. The Kier molecular flexibility index (Phi) is 12.5. The minimum Gasteiger partial charge on any atom is -0.373 e. The highest BCUT2D eigenvalue weighted by atomic mass is 28.4. The molecule has 5 heteroatoms. The van der Waals surface area contributed by atoms with Gasteiger partial charge in [0.15, 0.2) is 0 Å². The fourth-order valence-corrected chi connectivity index (χ4v) is 5.61. The van der Waals surface area contributed by atoms with Crippen LogP contribution in [0, 0.1) is 0 Å². The Morgan fingerprint density at radius 1 is 0.636 bits per heavy atom. The third-order valence-electron chi connectivity index (χ3n) is 4.48. The van der Waals surface area contributed by atoms with Gasteiger partial charge >= 0.3 is 8.80 Å². The molecule has 22 heavy (non-hydrogen) atoms. The van der Waals surface area contributed by atoms with E-state index in [9.17, 15) is 0 Å². The molecule has 0 atom stereocenters. The topological polar surface area (TPSA) is 27.7 Å². The van der Waals surface area contributed by atoms with Gasteiger partial charge in [-0.1, -0.05) is 20.8 Å². The van der Waals surface area contributed by atoms with Crippen molar-refractivity contribution >= 4 is 8.80 Å². The lowest BCUT2D eigenvalue weighted by atomic mass is 10.3. The summed E-state index contributed by atoms with van der Waals surface area (Å²) in [6.45, 7) is 20.1. The van der Waals surface area contributed by atoms with Crippen molar-refractivity contribution < 1.29 is 17.8 Å². The zero-order valence-electron chi connectivity index (χ0n) is 16.0. The van der Waals surface area contributed by atoms with Crippen LogP contribution in [0.15, 0.2) is 0 Å². The summed E-state index contributed by atoms with van der Waals surface area (Å²) in [6.07, 6.45) is 3.03. The number of rotatable bonds is 15. The van der Waals surface area contributed by atoms with Crippen LogP contribution in [0.3, 0.4) is 0 Å². The van der Waals surface area contributed by atoms with Crippen LogP contribution < -0.4 is 0 Å². The van der Waals surface area contributed by atoms with Gasteiger partial charge < -0.3 is 17.8 Å². The molecule has 0 aliphatic heterocycles. The SMILES string of the molecule is CCCO[Si](CC[N+](CC)(CC)CC)(OCCC)OCCC. The molecule has 0 heterocycles. The molecule has 134 valence electrons. The molecule has 0 unspecified atom stereocenters. The van der Waals surface area contributed by atoms with E-state index in [4.69, 9.17) is 13.3 Å². The van der Waals surface area contributed by atoms with Gasteiger partial charge in [-0.25, -0.2) is 0 Å². The van der Waals surface area contributed by atoms with Crippen molar-refractivity contribution in [2.24, 2.45) is 0 Å². The highest BCUT2D eigenvalue weighted by Crippen LogP contribution is 2.21. The second-order valence-corrected chi connectivity index (χ2v) is 8.72. The third-order valence-corrected chi connectivity index (χ3v) is 7.25. The van der Waals surface area contributed by atoms with Crippen LogP contribution in [0.5, 0.6) is 0 Å². The highest BCUT2D eigenvalue weighted by Gasteiger charge is 2.43. The molecule has 0 aromatic carbocycles. The molecule has 0 aromatic rings. The smallest absolute Gasteiger partial charge is 0.373 e. The Labute approximate surface area is 140 Å². The van der Waals surface area contributed by atoms with Crippen molar-refractivity contribution in [2.75, 3.05) is 46.0 Å². The first-order valence-corrected chi connectivity index (χ1v) is 11.3. The van der Waals surface area contributed by atoms with Crippen LogP contribution in [-0.2, 0) is 13.3 Å². The number of hydrogen-bond donors (Lipinski definition) is 0. The van der Waals surface area contributed by atoms with Gasteiger partial charge in [0.25, 0.3) is 0 Å². The second kappa shape index (κ2) is 12.5. The molecule has 0 bridgehead atoms. The lowest BCUT2D eigenvalue weighted by molar-refractivity contribution is -0.921. The average Bonchev–Trinajstić information content (AvgIpc) is 2.57. The second-order valence-electron chi connectivity index (χ2n) is 5.99. The largest absolute Gasteiger partial charge is 0.506 e. The van der Waals surface area contributed by atoms with Crippen molar-refractivity contribution in [2.45, 2.75) is 66.8 Å². The molecule has 0 aromatic heterocycles. The minimum atomic E-state index is -2.53. The molecular formula is C17H40NO3Si+. The van der Waals surface area contributed by atoms with Gasteiger partial charge in [-0.2, -0.15) is 0 Å². The molecule has 0 saturated carbocycles. The van der Waals surface area contributed by atoms with Crippen molar-refractivity contribution in [1.29, 1.82) is 0 Å². The Balaban J connectivity index is 4.97. The predicted octanol–water partition coefficient (Wildman–Crippen LogP) is 4.08. The van der Waals surface area contributed by atoms with E-state index in [1.807, 2.05) is 0 Å². The van der Waals surface area contributed by atoms with Crippen molar-refractivity contribution in [1.82, 2.24) is 0 Å². The van der Waals surface area contributed by atoms with Gasteiger partial charge in [0.1, 0.15) is 0 Å². The molecule has 0 spiro atoms. The predicted molar refractivity (Wildman–Crippen MR) is 96.0 cm³/mol. The molecule has 0 fully saturated rings. The summed E-state index contributed by atoms with van der Waals surface area (Å²) in [5.41, 5.74) is 0. The van der Waals surface area contributed by atoms with E-state index in [2.05, 4.69) is 41.5 Å². The minimum absolute atomic E-state index is 0.740. The average molecular weight is 335 g/mol. The quantitative estimate of drug-likeness (QED) is 0.333. The summed E-state index contributed by atoms with van der Waals surface area (Å²) in [5, 5.41) is 0. The van der Waals surface area contributed by atoms with E-state index in [1.54, 1.807) is 0 Å². The standard InChI is InChI=1S/C17H40NO3Si/c1-7-14-19-22(20-15-8-2,21-16-9-3)17-13-18(10-4,11-5)12-6/h7-17H2,1-6H3/q+1. The van der Waals surface area contributed by atoms with Crippen LogP contribution in [0.25, 0.3) is 0 Å². The van der Waals surface area contributed by atoms with E-state index in [0.29, 0.717) is 0 Å².